The molecule has 2 aliphatic carbocycles. The van der Waals surface area contributed by atoms with Gasteiger partial charge >= 0.3 is 12.1 Å². The molecule has 5 atom stereocenters. The summed E-state index contributed by atoms with van der Waals surface area (Å²) in [5, 5.41) is 6.87. The van der Waals surface area contributed by atoms with Crippen LogP contribution in [0.25, 0.3) is 10.9 Å². The molecule has 5 rings (SSSR count). The molecule has 2 heterocycles. The second kappa shape index (κ2) is 9.49. The molecule has 4 amide bonds. The minimum Gasteiger partial charge on any atom is -0.354 e. The molecule has 0 spiro atoms. The van der Waals surface area contributed by atoms with E-state index in [4.69, 9.17) is 11.6 Å². The van der Waals surface area contributed by atoms with E-state index in [2.05, 4.69) is 35.2 Å². The fraction of sp³-hybridized carbons (Fsp3) is 0.583. The number of piperidine rings is 1. The monoisotopic (exact) mass is 507 g/mol. The van der Waals surface area contributed by atoms with Crippen molar-refractivity contribution in [2.24, 2.45) is 11.8 Å². The molecule has 3 aliphatic rings. The Morgan fingerprint density at radius 1 is 1.35 bits per heavy atom. The van der Waals surface area contributed by atoms with Crippen molar-refractivity contribution in [1.29, 1.82) is 0 Å². The van der Waals surface area contributed by atoms with Crippen LogP contribution in [0.4, 0.5) is 14.0 Å². The van der Waals surface area contributed by atoms with Gasteiger partial charge in [-0.1, -0.05) is 18.5 Å². The summed E-state index contributed by atoms with van der Waals surface area (Å²) in [7, 11) is 0. The van der Waals surface area contributed by atoms with Crippen LogP contribution >= 0.6 is 24.2 Å². The second-order valence-electron chi connectivity index (χ2n) is 9.93. The topological polar surface area (TPSA) is 80.5 Å². The Kier molecular flexibility index (Phi) is 6.59. The Bertz CT molecular complexity index is 1100. The number of hydrogen-bond donors (Lipinski definition) is 4. The van der Waals surface area contributed by atoms with E-state index >= 15 is 0 Å². The summed E-state index contributed by atoms with van der Waals surface area (Å²) < 4.78 is 14.9. The van der Waals surface area contributed by atoms with Gasteiger partial charge in [0, 0.05) is 41.1 Å². The third-order valence-electron chi connectivity index (χ3n) is 7.39. The number of hydrogen-bond acceptors (Lipinski definition) is 3. The number of urea groups is 2. The number of amides is 4. The molecule has 4 unspecified atom stereocenters. The van der Waals surface area contributed by atoms with Crippen LogP contribution in [-0.4, -0.2) is 63.8 Å². The van der Waals surface area contributed by atoms with Crippen LogP contribution in [0.3, 0.4) is 0 Å². The number of rotatable bonds is 6. The third-order valence-corrected chi connectivity index (χ3v) is 8.10. The van der Waals surface area contributed by atoms with E-state index in [1.54, 1.807) is 18.2 Å². The average molecular weight is 508 g/mol. The molecule has 2 aromatic rings. The van der Waals surface area contributed by atoms with Crippen LogP contribution in [0.5, 0.6) is 0 Å². The highest BCUT2D eigenvalue weighted by Gasteiger charge is 2.47. The van der Waals surface area contributed by atoms with Gasteiger partial charge in [-0.25, -0.2) is 14.0 Å². The first-order valence-corrected chi connectivity index (χ1v) is 13.0. The Morgan fingerprint density at radius 3 is 2.85 bits per heavy atom. The van der Waals surface area contributed by atoms with Crippen molar-refractivity contribution in [2.45, 2.75) is 57.3 Å². The standard InChI is InChI=1S/C24H31ClFN5O2S/c1-13-7-19(13)29-24(33)30-6-2-3-16(11-30)31(21-8-14(21)12-34)23(32)27-10-20-22(26)17-9-15(25)4-5-18(17)28-20/h4-5,9,13-14,16,19,21,28,34H,2-3,6-8,10-12H2,1H3,(H,27,32)(H,29,33)/t13?,14?,16?,19-,21?/m0/s1. The quantitative estimate of drug-likeness (QED) is 0.438. The van der Waals surface area contributed by atoms with Crippen molar-refractivity contribution >= 4 is 47.2 Å². The largest absolute Gasteiger partial charge is 0.354 e. The van der Waals surface area contributed by atoms with Gasteiger partial charge in [0.1, 0.15) is 0 Å². The summed E-state index contributed by atoms with van der Waals surface area (Å²) in [6.07, 6.45) is 3.61. The molecule has 1 saturated heterocycles. The van der Waals surface area contributed by atoms with Gasteiger partial charge in [0.25, 0.3) is 0 Å². The minimum atomic E-state index is -0.404. The molecular weight excluding hydrogens is 477 g/mol. The summed E-state index contributed by atoms with van der Waals surface area (Å²) in [6.45, 7) is 3.38. The van der Waals surface area contributed by atoms with Gasteiger partial charge in [0.15, 0.2) is 5.82 Å². The maximum absolute atomic E-state index is 14.9. The molecule has 2 saturated carbocycles. The number of nitrogens with one attached hydrogen (secondary N) is 3. The molecule has 1 aromatic carbocycles. The van der Waals surface area contributed by atoms with Gasteiger partial charge in [-0.2, -0.15) is 12.6 Å². The Labute approximate surface area is 209 Å². The molecule has 0 radical (unpaired) electrons. The van der Waals surface area contributed by atoms with Crippen LogP contribution < -0.4 is 10.6 Å². The zero-order chi connectivity index (χ0) is 24.0. The lowest BCUT2D eigenvalue weighted by atomic mass is 10.0. The van der Waals surface area contributed by atoms with Gasteiger partial charge in [0.2, 0.25) is 0 Å². The fourth-order valence-electron chi connectivity index (χ4n) is 5.06. The summed E-state index contributed by atoms with van der Waals surface area (Å²) in [5.41, 5.74) is 0.953. The number of halogens is 2. The predicted molar refractivity (Wildman–Crippen MR) is 134 cm³/mol. The smallest absolute Gasteiger partial charge is 0.318 e. The molecule has 34 heavy (non-hydrogen) atoms. The zero-order valence-electron chi connectivity index (χ0n) is 19.2. The molecule has 184 valence electrons. The molecular formula is C24H31ClFN5O2S. The highest BCUT2D eigenvalue weighted by atomic mass is 35.5. The van der Waals surface area contributed by atoms with E-state index in [1.807, 2.05) is 9.80 Å². The number of thiol groups is 1. The maximum atomic E-state index is 14.9. The predicted octanol–water partition coefficient (Wildman–Crippen LogP) is 4.37. The Hall–Kier alpha value is -2.13. The van der Waals surface area contributed by atoms with Gasteiger partial charge in [0.05, 0.1) is 18.3 Å². The summed E-state index contributed by atoms with van der Waals surface area (Å²) in [5.74, 6) is 1.19. The van der Waals surface area contributed by atoms with Crippen molar-refractivity contribution in [2.75, 3.05) is 18.8 Å². The zero-order valence-corrected chi connectivity index (χ0v) is 20.8. The SMILES string of the molecule is CC1C[C@@H]1NC(=O)N1CCCC(N(C(=O)NCc2[nH]c3ccc(Cl)cc3c2F)C2CC2CS)C1. The minimum absolute atomic E-state index is 0.0419. The first-order chi connectivity index (χ1) is 16.4. The molecule has 1 aromatic heterocycles. The van der Waals surface area contributed by atoms with Gasteiger partial charge < -0.3 is 25.4 Å². The highest BCUT2D eigenvalue weighted by molar-refractivity contribution is 7.80. The van der Waals surface area contributed by atoms with E-state index in [0.29, 0.717) is 52.3 Å². The lowest BCUT2D eigenvalue weighted by molar-refractivity contribution is 0.112. The van der Waals surface area contributed by atoms with Gasteiger partial charge in [-0.15, -0.1) is 0 Å². The maximum Gasteiger partial charge on any atom is 0.318 e. The van der Waals surface area contributed by atoms with Crippen molar-refractivity contribution in [1.82, 2.24) is 25.4 Å². The number of nitrogens with zero attached hydrogens (tertiary/aromatic N) is 2. The molecule has 0 bridgehead atoms. The molecule has 3 fully saturated rings. The van der Waals surface area contributed by atoms with Crippen molar-refractivity contribution in [3.05, 3.63) is 34.7 Å². The van der Waals surface area contributed by atoms with E-state index in [1.165, 1.54) is 0 Å². The van der Waals surface area contributed by atoms with E-state index in [9.17, 15) is 14.0 Å². The Balaban J connectivity index is 1.27. The molecule has 7 nitrogen and oxygen atoms in total. The average Bonchev–Trinajstić information content (AvgIpc) is 3.73. The number of carbonyl (C=O) groups excluding carboxylic acids is 2. The summed E-state index contributed by atoms with van der Waals surface area (Å²) >= 11 is 10.4. The molecule has 1 aliphatic heterocycles. The number of aromatic amines is 1. The molecule has 10 heteroatoms. The lowest BCUT2D eigenvalue weighted by Gasteiger charge is -2.39. The second-order valence-corrected chi connectivity index (χ2v) is 10.7. The highest BCUT2D eigenvalue weighted by Crippen LogP contribution is 2.39. The van der Waals surface area contributed by atoms with Crippen molar-refractivity contribution in [3.8, 4) is 0 Å². The summed E-state index contributed by atoms with van der Waals surface area (Å²) in [4.78, 5) is 32.8. The first kappa shape index (κ1) is 23.6. The van der Waals surface area contributed by atoms with Crippen LogP contribution in [0, 0.1) is 17.7 Å². The van der Waals surface area contributed by atoms with Crippen LogP contribution in [-0.2, 0) is 6.54 Å². The van der Waals surface area contributed by atoms with E-state index in [0.717, 1.165) is 25.7 Å². The number of fused-ring (bicyclic) bond motifs is 1. The van der Waals surface area contributed by atoms with Gasteiger partial charge in [-0.05, 0) is 61.5 Å². The summed E-state index contributed by atoms with van der Waals surface area (Å²) in [6, 6.07) is 5.02. The number of benzene rings is 1. The number of H-pyrrole nitrogens is 1. The van der Waals surface area contributed by atoms with Gasteiger partial charge in [-0.3, -0.25) is 0 Å². The van der Waals surface area contributed by atoms with Crippen LogP contribution in [0.1, 0.15) is 38.3 Å². The van der Waals surface area contributed by atoms with Crippen LogP contribution in [0.2, 0.25) is 5.02 Å². The Morgan fingerprint density at radius 2 is 2.15 bits per heavy atom. The number of carbonyl (C=O) groups is 2. The fourth-order valence-corrected chi connectivity index (χ4v) is 5.62. The number of aromatic nitrogens is 1. The van der Waals surface area contributed by atoms with Crippen molar-refractivity contribution < 1.29 is 14.0 Å². The normalized spacial score (nSPS) is 28.0. The van der Waals surface area contributed by atoms with Crippen molar-refractivity contribution in [3.63, 3.8) is 0 Å². The van der Waals surface area contributed by atoms with E-state index < -0.39 is 5.82 Å². The third kappa shape index (κ3) is 4.82. The first-order valence-electron chi connectivity index (χ1n) is 12.0. The molecule has 3 N–H and O–H groups in total. The lowest BCUT2D eigenvalue weighted by Crippen LogP contribution is -2.56. The number of likely N-dealkylation sites (tertiary alicyclic amines) is 1. The van der Waals surface area contributed by atoms with E-state index in [-0.39, 0.29) is 36.7 Å². The van der Waals surface area contributed by atoms with Crippen LogP contribution in [0.15, 0.2) is 18.2 Å².